The van der Waals surface area contributed by atoms with Crippen LogP contribution in [0.25, 0.3) is 0 Å². The van der Waals surface area contributed by atoms with Crippen molar-refractivity contribution in [1.82, 2.24) is 4.98 Å². The highest BCUT2D eigenvalue weighted by Crippen LogP contribution is 2.19. The van der Waals surface area contributed by atoms with E-state index in [4.69, 9.17) is 11.6 Å². The van der Waals surface area contributed by atoms with Crippen LogP contribution in [-0.2, 0) is 0 Å². The van der Waals surface area contributed by atoms with Gasteiger partial charge in [-0.05, 0) is 42.3 Å². The number of halogens is 1. The van der Waals surface area contributed by atoms with Gasteiger partial charge in [0.2, 0.25) is 0 Å². The number of hydrogen-bond acceptors (Lipinski definition) is 3. The lowest BCUT2D eigenvalue weighted by molar-refractivity contribution is 1.31. The van der Waals surface area contributed by atoms with Crippen LogP contribution in [0.15, 0.2) is 47.8 Å². The standard InChI is InChI=1S/C13H12ClN3/c1-10-2-3-12(8-13(10)14)17-16-9-11-4-6-15-7-5-11/h2-9,17H,1H3/b16-9-. The van der Waals surface area contributed by atoms with Gasteiger partial charge < -0.3 is 0 Å². The molecule has 1 heterocycles. The van der Waals surface area contributed by atoms with Crippen LogP contribution in [0.4, 0.5) is 5.69 Å². The van der Waals surface area contributed by atoms with Crippen LogP contribution in [0.3, 0.4) is 0 Å². The number of hydrogen-bond donors (Lipinski definition) is 1. The molecular formula is C13H12ClN3. The molecule has 0 aliphatic carbocycles. The predicted molar refractivity (Wildman–Crippen MR) is 71.6 cm³/mol. The molecule has 1 aromatic heterocycles. The van der Waals surface area contributed by atoms with Crippen molar-refractivity contribution in [1.29, 1.82) is 0 Å². The quantitative estimate of drug-likeness (QED) is 0.664. The lowest BCUT2D eigenvalue weighted by Gasteiger charge is -2.02. The molecule has 1 N–H and O–H groups in total. The fourth-order valence-corrected chi connectivity index (χ4v) is 1.47. The number of rotatable bonds is 3. The molecule has 2 rings (SSSR count). The molecule has 0 amide bonds. The number of nitrogens with one attached hydrogen (secondary N) is 1. The Bertz CT molecular complexity index is 523. The Hall–Kier alpha value is -1.87. The van der Waals surface area contributed by atoms with Gasteiger partial charge in [-0.25, -0.2) is 0 Å². The van der Waals surface area contributed by atoms with E-state index in [1.54, 1.807) is 18.6 Å². The number of benzene rings is 1. The zero-order valence-corrected chi connectivity index (χ0v) is 10.1. The van der Waals surface area contributed by atoms with Crippen LogP contribution >= 0.6 is 11.6 Å². The number of aryl methyl sites for hydroxylation is 1. The van der Waals surface area contributed by atoms with Crippen LogP contribution in [0.2, 0.25) is 5.02 Å². The first-order valence-corrected chi connectivity index (χ1v) is 5.59. The van der Waals surface area contributed by atoms with Crippen molar-refractivity contribution in [2.75, 3.05) is 5.43 Å². The van der Waals surface area contributed by atoms with Gasteiger partial charge >= 0.3 is 0 Å². The van der Waals surface area contributed by atoms with Gasteiger partial charge in [0, 0.05) is 17.4 Å². The van der Waals surface area contributed by atoms with Crippen molar-refractivity contribution in [3.8, 4) is 0 Å². The van der Waals surface area contributed by atoms with Crippen molar-refractivity contribution >= 4 is 23.5 Å². The van der Waals surface area contributed by atoms with E-state index in [0.717, 1.165) is 21.8 Å². The Balaban J connectivity index is 2.03. The average Bonchev–Trinajstić information content (AvgIpc) is 2.35. The van der Waals surface area contributed by atoms with Crippen LogP contribution < -0.4 is 5.43 Å². The zero-order chi connectivity index (χ0) is 12.1. The van der Waals surface area contributed by atoms with Crippen molar-refractivity contribution < 1.29 is 0 Å². The number of pyridine rings is 1. The first kappa shape index (κ1) is 11.6. The first-order valence-electron chi connectivity index (χ1n) is 5.21. The molecule has 0 saturated heterocycles. The number of hydrazone groups is 1. The second-order valence-corrected chi connectivity index (χ2v) is 4.02. The van der Waals surface area contributed by atoms with Gasteiger partial charge in [-0.3, -0.25) is 10.4 Å². The summed E-state index contributed by atoms with van der Waals surface area (Å²) in [5.74, 6) is 0. The molecule has 1 aromatic carbocycles. The first-order chi connectivity index (χ1) is 8.25. The van der Waals surface area contributed by atoms with Crippen molar-refractivity contribution in [2.45, 2.75) is 6.92 Å². The fraction of sp³-hybridized carbons (Fsp3) is 0.0769. The molecule has 86 valence electrons. The van der Waals surface area contributed by atoms with Crippen LogP contribution in [0.5, 0.6) is 0 Å². The third-order valence-electron chi connectivity index (χ3n) is 2.29. The third kappa shape index (κ3) is 3.29. The molecule has 3 nitrogen and oxygen atoms in total. The summed E-state index contributed by atoms with van der Waals surface area (Å²) < 4.78 is 0. The molecule has 4 heteroatoms. The van der Waals surface area contributed by atoms with Crippen molar-refractivity contribution in [2.24, 2.45) is 5.10 Å². The number of aromatic nitrogens is 1. The van der Waals surface area contributed by atoms with E-state index < -0.39 is 0 Å². The maximum Gasteiger partial charge on any atom is 0.0576 e. The molecule has 0 atom stereocenters. The summed E-state index contributed by atoms with van der Waals surface area (Å²) >= 11 is 6.01. The molecule has 2 aromatic rings. The summed E-state index contributed by atoms with van der Waals surface area (Å²) in [7, 11) is 0. The Morgan fingerprint density at radius 2 is 2.00 bits per heavy atom. The average molecular weight is 246 g/mol. The van der Waals surface area contributed by atoms with Gasteiger partial charge in [-0.2, -0.15) is 5.10 Å². The normalized spacial score (nSPS) is 10.7. The number of anilines is 1. The summed E-state index contributed by atoms with van der Waals surface area (Å²) in [4.78, 5) is 3.93. The maximum atomic E-state index is 6.01. The predicted octanol–water partition coefficient (Wildman–Crippen LogP) is 3.49. The molecule has 0 spiro atoms. The molecule has 0 aliphatic rings. The molecule has 0 fully saturated rings. The summed E-state index contributed by atoms with van der Waals surface area (Å²) in [6.45, 7) is 1.96. The second kappa shape index (κ2) is 5.46. The summed E-state index contributed by atoms with van der Waals surface area (Å²) in [5.41, 5.74) is 5.83. The minimum absolute atomic E-state index is 0.731. The SMILES string of the molecule is Cc1ccc(N/N=C\c2ccncc2)cc1Cl. The topological polar surface area (TPSA) is 37.3 Å². The Kier molecular flexibility index (Phi) is 3.73. The van der Waals surface area contributed by atoms with E-state index in [2.05, 4.69) is 15.5 Å². The monoisotopic (exact) mass is 245 g/mol. The van der Waals surface area contributed by atoms with Gasteiger partial charge in [0.1, 0.15) is 0 Å². The van der Waals surface area contributed by atoms with Gasteiger partial charge in [0.15, 0.2) is 0 Å². The summed E-state index contributed by atoms with van der Waals surface area (Å²) in [6, 6.07) is 9.50. The van der Waals surface area contributed by atoms with Gasteiger partial charge in [-0.1, -0.05) is 17.7 Å². The van der Waals surface area contributed by atoms with Gasteiger partial charge in [-0.15, -0.1) is 0 Å². The fourth-order valence-electron chi connectivity index (χ4n) is 1.29. The highest BCUT2D eigenvalue weighted by atomic mass is 35.5. The Morgan fingerprint density at radius 3 is 2.71 bits per heavy atom. The van der Waals surface area contributed by atoms with Crippen molar-refractivity contribution in [3.05, 3.63) is 58.9 Å². The lowest BCUT2D eigenvalue weighted by atomic mass is 10.2. The van der Waals surface area contributed by atoms with Crippen LogP contribution in [0, 0.1) is 6.92 Å². The van der Waals surface area contributed by atoms with E-state index >= 15 is 0 Å². The lowest BCUT2D eigenvalue weighted by Crippen LogP contribution is -1.91. The molecule has 17 heavy (non-hydrogen) atoms. The minimum atomic E-state index is 0.731. The van der Waals surface area contributed by atoms with Gasteiger partial charge in [0.25, 0.3) is 0 Å². The highest BCUT2D eigenvalue weighted by molar-refractivity contribution is 6.31. The Morgan fingerprint density at radius 1 is 1.24 bits per heavy atom. The van der Waals surface area contributed by atoms with E-state index in [1.807, 2.05) is 37.3 Å². The minimum Gasteiger partial charge on any atom is -0.278 e. The van der Waals surface area contributed by atoms with E-state index in [1.165, 1.54) is 0 Å². The zero-order valence-electron chi connectivity index (χ0n) is 9.39. The molecule has 0 saturated carbocycles. The second-order valence-electron chi connectivity index (χ2n) is 3.61. The molecule has 0 aliphatic heterocycles. The molecule has 0 bridgehead atoms. The Labute approximate surface area is 105 Å². The molecular weight excluding hydrogens is 234 g/mol. The van der Waals surface area contributed by atoms with E-state index in [-0.39, 0.29) is 0 Å². The van der Waals surface area contributed by atoms with E-state index in [0.29, 0.717) is 0 Å². The third-order valence-corrected chi connectivity index (χ3v) is 2.69. The molecule has 0 radical (unpaired) electrons. The smallest absolute Gasteiger partial charge is 0.0576 e. The number of nitrogens with zero attached hydrogens (tertiary/aromatic N) is 2. The van der Waals surface area contributed by atoms with Crippen LogP contribution in [-0.4, -0.2) is 11.2 Å². The van der Waals surface area contributed by atoms with E-state index in [9.17, 15) is 0 Å². The van der Waals surface area contributed by atoms with Gasteiger partial charge in [0.05, 0.1) is 11.9 Å². The van der Waals surface area contributed by atoms with Crippen molar-refractivity contribution in [3.63, 3.8) is 0 Å². The largest absolute Gasteiger partial charge is 0.278 e. The van der Waals surface area contributed by atoms with Crippen LogP contribution in [0.1, 0.15) is 11.1 Å². The summed E-state index contributed by atoms with van der Waals surface area (Å²) in [5, 5.41) is 4.85. The maximum absolute atomic E-state index is 6.01. The molecule has 0 unspecified atom stereocenters. The summed E-state index contributed by atoms with van der Waals surface area (Å²) in [6.07, 6.45) is 5.18. The highest BCUT2D eigenvalue weighted by Gasteiger charge is 1.95.